The third-order valence-corrected chi connectivity index (χ3v) is 6.45. The summed E-state index contributed by atoms with van der Waals surface area (Å²) in [6, 6.07) is 11.5. The Morgan fingerprint density at radius 2 is 1.96 bits per heavy atom. The van der Waals surface area contributed by atoms with Gasteiger partial charge in [0, 0.05) is 17.0 Å². The molecule has 0 bridgehead atoms. The summed E-state index contributed by atoms with van der Waals surface area (Å²) in [6.45, 7) is 2.47. The fraction of sp³-hybridized carbons (Fsp3) is 0.100. The van der Waals surface area contributed by atoms with Crippen LogP contribution in [0.25, 0.3) is 22.7 Å². The highest BCUT2D eigenvalue weighted by atomic mass is 32.1. The number of benzene rings is 1. The quantitative estimate of drug-likeness (QED) is 0.525. The van der Waals surface area contributed by atoms with Gasteiger partial charge in [-0.3, -0.25) is 9.59 Å². The molecule has 0 unspecified atom stereocenters. The van der Waals surface area contributed by atoms with Crippen LogP contribution in [-0.4, -0.2) is 27.0 Å². The Morgan fingerprint density at radius 3 is 2.71 bits per heavy atom. The van der Waals surface area contributed by atoms with Gasteiger partial charge in [0.25, 0.3) is 11.5 Å². The fourth-order valence-electron chi connectivity index (χ4n) is 3.33. The SMILES string of the molecule is CCN1C(=O)C(=c2sc3nc(C=Cc4cccs4)nn3c2=O)c2ccccc21. The molecule has 4 heterocycles. The van der Waals surface area contributed by atoms with Gasteiger partial charge in [0.15, 0.2) is 5.82 Å². The maximum absolute atomic E-state index is 13.0. The van der Waals surface area contributed by atoms with E-state index in [0.717, 1.165) is 16.1 Å². The van der Waals surface area contributed by atoms with Gasteiger partial charge in [0.1, 0.15) is 4.53 Å². The van der Waals surface area contributed by atoms with Gasteiger partial charge >= 0.3 is 0 Å². The molecule has 0 spiro atoms. The summed E-state index contributed by atoms with van der Waals surface area (Å²) >= 11 is 2.82. The van der Waals surface area contributed by atoms with Crippen LogP contribution in [0.2, 0.25) is 0 Å². The van der Waals surface area contributed by atoms with Crippen molar-refractivity contribution in [3.63, 3.8) is 0 Å². The minimum Gasteiger partial charge on any atom is -0.308 e. The van der Waals surface area contributed by atoms with Crippen molar-refractivity contribution >= 4 is 57.0 Å². The highest BCUT2D eigenvalue weighted by Gasteiger charge is 2.33. The van der Waals surface area contributed by atoms with Gasteiger partial charge in [0.2, 0.25) is 4.96 Å². The molecular formula is C20H14N4O2S2. The second kappa shape index (κ2) is 6.50. The molecule has 1 aromatic carbocycles. The van der Waals surface area contributed by atoms with Crippen LogP contribution in [0.5, 0.6) is 0 Å². The minimum atomic E-state index is -0.306. The van der Waals surface area contributed by atoms with Crippen molar-refractivity contribution in [2.75, 3.05) is 11.4 Å². The van der Waals surface area contributed by atoms with E-state index in [1.165, 1.54) is 15.9 Å². The molecule has 0 fully saturated rings. The lowest BCUT2D eigenvalue weighted by Gasteiger charge is -2.13. The molecule has 0 saturated heterocycles. The van der Waals surface area contributed by atoms with Gasteiger partial charge in [-0.15, -0.1) is 16.4 Å². The van der Waals surface area contributed by atoms with Crippen molar-refractivity contribution < 1.29 is 4.79 Å². The van der Waals surface area contributed by atoms with Crippen LogP contribution in [0.3, 0.4) is 0 Å². The minimum absolute atomic E-state index is 0.150. The van der Waals surface area contributed by atoms with Crippen molar-refractivity contribution in [2.24, 2.45) is 0 Å². The first-order chi connectivity index (χ1) is 13.7. The van der Waals surface area contributed by atoms with Crippen molar-refractivity contribution in [1.82, 2.24) is 14.6 Å². The molecule has 0 atom stereocenters. The maximum atomic E-state index is 13.0. The second-order valence-electron chi connectivity index (χ2n) is 6.19. The number of carbonyl (C=O) groups excluding carboxylic acids is 1. The van der Waals surface area contributed by atoms with E-state index in [9.17, 15) is 9.59 Å². The standard InChI is InChI=1S/C20H14N4O2S2/c1-2-23-14-8-4-3-7-13(14)16(18(23)25)17-19(26)24-20(28-17)21-15(22-24)10-9-12-6-5-11-27-12/h3-11H,2H2,1H3. The Kier molecular flexibility index (Phi) is 3.96. The zero-order chi connectivity index (χ0) is 19.3. The molecule has 1 amide bonds. The summed E-state index contributed by atoms with van der Waals surface area (Å²) in [5.41, 5.74) is 1.76. The summed E-state index contributed by atoms with van der Waals surface area (Å²) in [5.74, 6) is 0.324. The molecule has 5 rings (SSSR count). The zero-order valence-electron chi connectivity index (χ0n) is 14.8. The number of fused-ring (bicyclic) bond motifs is 2. The third-order valence-electron chi connectivity index (χ3n) is 4.58. The Morgan fingerprint density at radius 1 is 1.11 bits per heavy atom. The number of nitrogens with zero attached hydrogens (tertiary/aromatic N) is 4. The highest BCUT2D eigenvalue weighted by Crippen LogP contribution is 2.34. The van der Waals surface area contributed by atoms with Crippen molar-refractivity contribution in [3.05, 3.63) is 72.9 Å². The number of carbonyl (C=O) groups is 1. The number of thiazole rings is 1. The fourth-order valence-corrected chi connectivity index (χ4v) is 4.95. The van der Waals surface area contributed by atoms with Crippen LogP contribution in [-0.2, 0) is 4.79 Å². The Balaban J connectivity index is 1.66. The van der Waals surface area contributed by atoms with E-state index in [2.05, 4.69) is 10.1 Å². The average molecular weight is 406 g/mol. The average Bonchev–Trinajstić information content (AvgIpc) is 3.45. The van der Waals surface area contributed by atoms with Gasteiger partial charge < -0.3 is 4.90 Å². The highest BCUT2D eigenvalue weighted by molar-refractivity contribution is 7.15. The number of anilines is 1. The van der Waals surface area contributed by atoms with Crippen molar-refractivity contribution in [1.29, 1.82) is 0 Å². The first kappa shape index (κ1) is 17.0. The molecule has 6 nitrogen and oxygen atoms in total. The Labute approximate surface area is 167 Å². The van der Waals surface area contributed by atoms with E-state index in [-0.39, 0.29) is 11.5 Å². The molecule has 0 radical (unpaired) electrons. The normalized spacial score (nSPS) is 15.9. The lowest BCUT2D eigenvalue weighted by molar-refractivity contribution is -0.113. The molecule has 0 aliphatic carbocycles. The number of likely N-dealkylation sites (N-methyl/N-ethyl adjacent to an activating group) is 1. The summed E-state index contributed by atoms with van der Waals surface area (Å²) in [7, 11) is 0. The van der Waals surface area contributed by atoms with E-state index >= 15 is 0 Å². The van der Waals surface area contributed by atoms with Gasteiger partial charge in [-0.1, -0.05) is 35.6 Å². The zero-order valence-corrected chi connectivity index (χ0v) is 16.5. The van der Waals surface area contributed by atoms with Gasteiger partial charge in [-0.25, -0.2) is 0 Å². The summed E-state index contributed by atoms with van der Waals surface area (Å²) < 4.78 is 1.67. The van der Waals surface area contributed by atoms with Gasteiger partial charge in [-0.05, 0) is 36.6 Å². The van der Waals surface area contributed by atoms with Crippen LogP contribution in [0.15, 0.2) is 46.6 Å². The molecule has 28 heavy (non-hydrogen) atoms. The molecule has 0 N–H and O–H groups in total. The summed E-state index contributed by atoms with van der Waals surface area (Å²) in [6.07, 6.45) is 3.70. The lowest BCUT2D eigenvalue weighted by Crippen LogP contribution is -2.32. The largest absolute Gasteiger partial charge is 0.308 e. The van der Waals surface area contributed by atoms with E-state index in [1.54, 1.807) is 22.3 Å². The molecule has 3 aromatic heterocycles. The molecule has 0 saturated carbocycles. The molecule has 1 aliphatic heterocycles. The van der Waals surface area contributed by atoms with Gasteiger partial charge in [0.05, 0.1) is 11.3 Å². The molecule has 138 valence electrons. The molecule has 4 aromatic rings. The van der Waals surface area contributed by atoms with E-state index in [4.69, 9.17) is 0 Å². The molecular weight excluding hydrogens is 392 g/mol. The second-order valence-corrected chi connectivity index (χ2v) is 8.15. The van der Waals surface area contributed by atoms with Crippen molar-refractivity contribution in [2.45, 2.75) is 6.92 Å². The van der Waals surface area contributed by atoms with Crippen LogP contribution in [0.4, 0.5) is 5.69 Å². The van der Waals surface area contributed by atoms with E-state index in [0.29, 0.717) is 27.4 Å². The summed E-state index contributed by atoms with van der Waals surface area (Å²) in [5, 5.41) is 6.30. The number of hydrogen-bond acceptors (Lipinski definition) is 6. The predicted octanol–water partition coefficient (Wildman–Crippen LogP) is 2.67. The van der Waals surface area contributed by atoms with Crippen LogP contribution < -0.4 is 15.0 Å². The number of thiophene rings is 1. The summed E-state index contributed by atoms with van der Waals surface area (Å²) in [4.78, 5) is 33.6. The van der Waals surface area contributed by atoms with Crippen molar-refractivity contribution in [3.8, 4) is 0 Å². The lowest BCUT2D eigenvalue weighted by atomic mass is 10.1. The van der Waals surface area contributed by atoms with E-state index in [1.807, 2.05) is 54.8 Å². The molecule has 1 aliphatic rings. The third kappa shape index (κ3) is 2.53. The molecule has 8 heteroatoms. The predicted molar refractivity (Wildman–Crippen MR) is 113 cm³/mol. The van der Waals surface area contributed by atoms with E-state index < -0.39 is 0 Å². The number of para-hydroxylation sites is 1. The monoisotopic (exact) mass is 406 g/mol. The number of hydrogen-bond donors (Lipinski definition) is 0. The van der Waals surface area contributed by atoms with Crippen LogP contribution in [0, 0.1) is 0 Å². The number of aromatic nitrogens is 3. The van der Waals surface area contributed by atoms with Gasteiger partial charge in [-0.2, -0.15) is 9.50 Å². The van der Waals surface area contributed by atoms with Crippen LogP contribution in [0.1, 0.15) is 23.2 Å². The van der Waals surface area contributed by atoms with Crippen LogP contribution >= 0.6 is 22.7 Å². The smallest absolute Gasteiger partial charge is 0.291 e. The first-order valence-electron chi connectivity index (χ1n) is 8.74. The Hall–Kier alpha value is -3.10. The topological polar surface area (TPSA) is 67.6 Å². The maximum Gasteiger partial charge on any atom is 0.291 e. The first-order valence-corrected chi connectivity index (χ1v) is 10.4. The Bertz CT molecular complexity index is 1350. The number of rotatable bonds is 3. The number of amides is 1.